The van der Waals surface area contributed by atoms with Gasteiger partial charge in [-0.25, -0.2) is 4.79 Å². The predicted octanol–water partition coefficient (Wildman–Crippen LogP) is 6.57. The van der Waals surface area contributed by atoms with Crippen molar-refractivity contribution in [1.29, 1.82) is 0 Å². The summed E-state index contributed by atoms with van der Waals surface area (Å²) in [7, 11) is 0. The van der Waals surface area contributed by atoms with Crippen LogP contribution in [-0.2, 0) is 9.47 Å². The van der Waals surface area contributed by atoms with Gasteiger partial charge < -0.3 is 14.6 Å². The van der Waals surface area contributed by atoms with Crippen LogP contribution < -0.4 is 0 Å². The molecule has 30 heavy (non-hydrogen) atoms. The standard InChI is InChI=1S/C21H21Cl4NO4/c22-16-5-3-13(10-18(16)24)20(14-4-6-17(23)19(25)11-14)29-9-8-26-7-1-2-15(12-26)30-21(27)28/h3-6,10-11,15,20H,1-2,7-9,12H2,(H,27,28). The molecule has 1 atom stereocenters. The maximum Gasteiger partial charge on any atom is 0.506 e. The van der Waals surface area contributed by atoms with Crippen LogP contribution in [-0.4, -0.2) is 48.5 Å². The number of carboxylic acid groups (broad SMARTS) is 1. The largest absolute Gasteiger partial charge is 0.506 e. The number of halogens is 4. The first-order valence-electron chi connectivity index (χ1n) is 9.47. The third kappa shape index (κ3) is 6.39. The first-order valence-corrected chi connectivity index (χ1v) is 11.0. The number of carbonyl (C=O) groups is 1. The number of hydrogen-bond donors (Lipinski definition) is 1. The van der Waals surface area contributed by atoms with Crippen molar-refractivity contribution in [2.24, 2.45) is 0 Å². The van der Waals surface area contributed by atoms with Gasteiger partial charge in [0.25, 0.3) is 0 Å². The van der Waals surface area contributed by atoms with Crippen molar-refractivity contribution >= 4 is 52.6 Å². The summed E-state index contributed by atoms with van der Waals surface area (Å²) in [6.07, 6.45) is -0.347. The number of hydrogen-bond acceptors (Lipinski definition) is 4. The molecule has 3 rings (SSSR count). The molecule has 1 aliphatic rings. The van der Waals surface area contributed by atoms with E-state index in [1.807, 2.05) is 12.1 Å². The molecule has 9 heteroatoms. The number of benzene rings is 2. The molecule has 1 heterocycles. The highest BCUT2D eigenvalue weighted by Gasteiger charge is 2.23. The van der Waals surface area contributed by atoms with Crippen LogP contribution >= 0.6 is 46.4 Å². The molecule has 0 saturated carbocycles. The van der Waals surface area contributed by atoms with Crippen LogP contribution in [0.3, 0.4) is 0 Å². The van der Waals surface area contributed by atoms with E-state index in [4.69, 9.17) is 61.0 Å². The van der Waals surface area contributed by atoms with E-state index in [9.17, 15) is 4.79 Å². The molecule has 1 unspecified atom stereocenters. The van der Waals surface area contributed by atoms with E-state index in [1.165, 1.54) is 0 Å². The molecular weight excluding hydrogens is 472 g/mol. The molecule has 1 aliphatic heterocycles. The van der Waals surface area contributed by atoms with Crippen LogP contribution in [0.15, 0.2) is 36.4 Å². The first kappa shape index (κ1) is 23.5. The van der Waals surface area contributed by atoms with Gasteiger partial charge in [0.1, 0.15) is 12.2 Å². The second kappa shape index (κ2) is 10.9. The lowest BCUT2D eigenvalue weighted by Crippen LogP contribution is -2.42. The van der Waals surface area contributed by atoms with Crippen molar-refractivity contribution < 1.29 is 19.4 Å². The zero-order chi connectivity index (χ0) is 21.7. The Bertz CT molecular complexity index is 844. The lowest BCUT2D eigenvalue weighted by Gasteiger charge is -2.32. The van der Waals surface area contributed by atoms with Gasteiger partial charge in [0.05, 0.1) is 26.7 Å². The summed E-state index contributed by atoms with van der Waals surface area (Å²) in [5.41, 5.74) is 1.68. The fourth-order valence-corrected chi connectivity index (χ4v) is 4.10. The SMILES string of the molecule is O=C(O)OC1CCCN(CCOC(c2ccc(Cl)c(Cl)c2)c2ccc(Cl)c(Cl)c2)C1. The smallest absolute Gasteiger partial charge is 0.450 e. The van der Waals surface area contributed by atoms with Gasteiger partial charge in [-0.3, -0.25) is 4.90 Å². The molecule has 0 radical (unpaired) electrons. The van der Waals surface area contributed by atoms with Gasteiger partial charge in [-0.05, 0) is 54.8 Å². The van der Waals surface area contributed by atoms with E-state index in [0.717, 1.165) is 30.5 Å². The molecule has 1 N–H and O–H groups in total. The summed E-state index contributed by atoms with van der Waals surface area (Å²) in [6, 6.07) is 10.7. The molecule has 0 bridgehead atoms. The Morgan fingerprint density at radius 1 is 1.03 bits per heavy atom. The lowest BCUT2D eigenvalue weighted by atomic mass is 10.0. The Morgan fingerprint density at radius 3 is 2.17 bits per heavy atom. The van der Waals surface area contributed by atoms with E-state index in [2.05, 4.69) is 4.90 Å². The van der Waals surface area contributed by atoms with Crippen molar-refractivity contribution in [3.8, 4) is 0 Å². The van der Waals surface area contributed by atoms with E-state index in [1.54, 1.807) is 24.3 Å². The van der Waals surface area contributed by atoms with E-state index in [0.29, 0.717) is 39.8 Å². The summed E-state index contributed by atoms with van der Waals surface area (Å²) in [4.78, 5) is 12.9. The molecule has 5 nitrogen and oxygen atoms in total. The Hall–Kier alpha value is -1.21. The molecule has 162 valence electrons. The van der Waals surface area contributed by atoms with Crippen molar-refractivity contribution in [1.82, 2.24) is 4.90 Å². The Labute approximate surface area is 195 Å². The summed E-state index contributed by atoms with van der Waals surface area (Å²) in [6.45, 7) is 2.48. The highest BCUT2D eigenvalue weighted by Crippen LogP contribution is 2.34. The van der Waals surface area contributed by atoms with Crippen LogP contribution in [0.25, 0.3) is 0 Å². The minimum Gasteiger partial charge on any atom is -0.450 e. The van der Waals surface area contributed by atoms with Crippen LogP contribution in [0.2, 0.25) is 20.1 Å². The van der Waals surface area contributed by atoms with Gasteiger partial charge in [-0.1, -0.05) is 58.5 Å². The third-order valence-corrected chi connectivity index (χ3v) is 6.39. The number of likely N-dealkylation sites (tertiary alicyclic amines) is 1. The summed E-state index contributed by atoms with van der Waals surface area (Å²) < 4.78 is 11.1. The first-order chi connectivity index (χ1) is 14.3. The number of piperidine rings is 1. The zero-order valence-electron chi connectivity index (χ0n) is 16.0. The van der Waals surface area contributed by atoms with Crippen molar-refractivity contribution in [2.45, 2.75) is 25.0 Å². The molecule has 2 aromatic rings. The fourth-order valence-electron chi connectivity index (χ4n) is 3.49. The minimum atomic E-state index is -1.24. The van der Waals surface area contributed by atoms with Gasteiger partial charge in [0.2, 0.25) is 0 Å². The van der Waals surface area contributed by atoms with Crippen molar-refractivity contribution in [3.05, 3.63) is 67.6 Å². The van der Waals surface area contributed by atoms with Gasteiger partial charge in [0.15, 0.2) is 0 Å². The predicted molar refractivity (Wildman–Crippen MR) is 119 cm³/mol. The van der Waals surface area contributed by atoms with Gasteiger partial charge in [0, 0.05) is 13.1 Å². The molecule has 2 aromatic carbocycles. The third-order valence-electron chi connectivity index (χ3n) is 4.91. The second-order valence-electron chi connectivity index (χ2n) is 7.05. The van der Waals surface area contributed by atoms with Crippen LogP contribution in [0.5, 0.6) is 0 Å². The number of rotatable bonds is 7. The van der Waals surface area contributed by atoms with Crippen LogP contribution in [0.4, 0.5) is 4.79 Å². The van der Waals surface area contributed by atoms with Gasteiger partial charge >= 0.3 is 6.16 Å². The average molecular weight is 493 g/mol. The van der Waals surface area contributed by atoms with Crippen LogP contribution in [0.1, 0.15) is 30.1 Å². The summed E-state index contributed by atoms with van der Waals surface area (Å²) >= 11 is 24.5. The average Bonchev–Trinajstić information content (AvgIpc) is 2.70. The lowest BCUT2D eigenvalue weighted by molar-refractivity contribution is 0.000382. The number of ether oxygens (including phenoxy) is 2. The zero-order valence-corrected chi connectivity index (χ0v) is 19.0. The monoisotopic (exact) mass is 491 g/mol. The van der Waals surface area contributed by atoms with Crippen LogP contribution in [0, 0.1) is 0 Å². The fraction of sp³-hybridized carbons (Fsp3) is 0.381. The molecule has 1 fully saturated rings. The van der Waals surface area contributed by atoms with Gasteiger partial charge in [-0.2, -0.15) is 0 Å². The molecule has 1 saturated heterocycles. The Balaban J connectivity index is 1.70. The quantitative estimate of drug-likeness (QED) is 0.443. The second-order valence-corrected chi connectivity index (χ2v) is 8.68. The van der Waals surface area contributed by atoms with E-state index >= 15 is 0 Å². The molecular formula is C21H21Cl4NO4. The van der Waals surface area contributed by atoms with E-state index in [-0.39, 0.29) is 6.10 Å². The molecule has 0 amide bonds. The van der Waals surface area contributed by atoms with E-state index < -0.39 is 12.3 Å². The molecule has 0 spiro atoms. The highest BCUT2D eigenvalue weighted by molar-refractivity contribution is 6.42. The maximum absolute atomic E-state index is 10.8. The topological polar surface area (TPSA) is 59.0 Å². The maximum atomic E-state index is 10.8. The van der Waals surface area contributed by atoms with Crippen molar-refractivity contribution in [3.63, 3.8) is 0 Å². The normalized spacial score (nSPS) is 17.3. The molecule has 0 aliphatic carbocycles. The molecule has 0 aromatic heterocycles. The highest BCUT2D eigenvalue weighted by atomic mass is 35.5. The van der Waals surface area contributed by atoms with Gasteiger partial charge in [-0.15, -0.1) is 0 Å². The number of nitrogens with zero attached hydrogens (tertiary/aromatic N) is 1. The van der Waals surface area contributed by atoms with Crippen molar-refractivity contribution in [2.75, 3.05) is 26.2 Å². The summed E-state index contributed by atoms with van der Waals surface area (Å²) in [5, 5.41) is 10.6. The minimum absolute atomic E-state index is 0.308. The Morgan fingerprint density at radius 2 is 1.63 bits per heavy atom. The Kier molecular flexibility index (Phi) is 8.52. The summed E-state index contributed by atoms with van der Waals surface area (Å²) in [5.74, 6) is 0.